The van der Waals surface area contributed by atoms with Gasteiger partial charge in [-0.2, -0.15) is 18.3 Å². The van der Waals surface area contributed by atoms with Crippen molar-refractivity contribution in [1.29, 1.82) is 0 Å². The van der Waals surface area contributed by atoms with Crippen LogP contribution in [0.3, 0.4) is 0 Å². The SMILES string of the molecule is CC(C)c1c(C(=O)NCC2CCCC(C(F)(F)F)N2)nn(-c2ccc(F)cc2)c1CC[C@@H](O)C[C@@H](O)CC(=O)O. The molecule has 222 valence electrons. The van der Waals surface area contributed by atoms with Gasteiger partial charge in [0, 0.05) is 23.8 Å². The fourth-order valence-corrected chi connectivity index (χ4v) is 5.03. The summed E-state index contributed by atoms with van der Waals surface area (Å²) in [5, 5.41) is 38.9. The highest BCUT2D eigenvalue weighted by atomic mass is 19.4. The monoisotopic (exact) mass is 572 g/mol. The number of alkyl halides is 3. The minimum Gasteiger partial charge on any atom is -0.481 e. The number of carbonyl (C=O) groups excluding carboxylic acids is 1. The number of aliphatic carboxylic acids is 1. The molecule has 1 saturated heterocycles. The number of aliphatic hydroxyl groups is 2. The molecule has 3 rings (SSSR count). The number of hydrogen-bond acceptors (Lipinski definition) is 6. The van der Waals surface area contributed by atoms with Gasteiger partial charge in [0.05, 0.1) is 24.3 Å². The Balaban J connectivity index is 1.84. The molecule has 0 aliphatic carbocycles. The summed E-state index contributed by atoms with van der Waals surface area (Å²) in [6, 6.07) is 3.25. The number of rotatable bonds is 12. The molecule has 1 fully saturated rings. The first kappa shape index (κ1) is 31.5. The average Bonchev–Trinajstić information content (AvgIpc) is 3.25. The van der Waals surface area contributed by atoms with E-state index in [1.807, 2.05) is 13.8 Å². The number of nitrogens with one attached hydrogen (secondary N) is 2. The van der Waals surface area contributed by atoms with E-state index in [1.165, 1.54) is 28.9 Å². The minimum absolute atomic E-state index is 0.0178. The Morgan fingerprint density at radius 2 is 1.82 bits per heavy atom. The number of aliphatic hydroxyl groups excluding tert-OH is 2. The van der Waals surface area contributed by atoms with Crippen LogP contribution in [0.25, 0.3) is 5.69 Å². The molecule has 1 aromatic heterocycles. The normalized spacial score (nSPS) is 19.4. The van der Waals surface area contributed by atoms with Crippen molar-refractivity contribution in [3.63, 3.8) is 0 Å². The van der Waals surface area contributed by atoms with Crippen LogP contribution >= 0.6 is 0 Å². The molecular weight excluding hydrogens is 536 g/mol. The molecule has 1 aliphatic rings. The lowest BCUT2D eigenvalue weighted by Gasteiger charge is -2.32. The summed E-state index contributed by atoms with van der Waals surface area (Å²) < 4.78 is 54.6. The maximum absolute atomic E-state index is 13.6. The predicted molar refractivity (Wildman–Crippen MR) is 138 cm³/mol. The molecule has 1 aromatic carbocycles. The first-order chi connectivity index (χ1) is 18.8. The zero-order chi connectivity index (χ0) is 29.6. The summed E-state index contributed by atoms with van der Waals surface area (Å²) in [5.74, 6) is -2.45. The molecule has 0 spiro atoms. The van der Waals surface area contributed by atoms with Crippen LogP contribution in [0.2, 0.25) is 0 Å². The van der Waals surface area contributed by atoms with E-state index in [-0.39, 0.29) is 43.8 Å². The lowest BCUT2D eigenvalue weighted by Crippen LogP contribution is -2.53. The van der Waals surface area contributed by atoms with Crippen molar-refractivity contribution < 1.29 is 42.5 Å². The molecule has 1 amide bonds. The number of nitrogens with zero attached hydrogens (tertiary/aromatic N) is 2. The Kier molecular flexibility index (Phi) is 10.7. The van der Waals surface area contributed by atoms with Gasteiger partial charge in [-0.15, -0.1) is 0 Å². The van der Waals surface area contributed by atoms with Crippen molar-refractivity contribution in [3.05, 3.63) is 47.0 Å². The van der Waals surface area contributed by atoms with Gasteiger partial charge in [-0.3, -0.25) is 9.59 Å². The van der Waals surface area contributed by atoms with Crippen molar-refractivity contribution in [2.24, 2.45) is 0 Å². The first-order valence-electron chi connectivity index (χ1n) is 13.3. The number of halogens is 4. The Morgan fingerprint density at radius 3 is 2.42 bits per heavy atom. The van der Waals surface area contributed by atoms with E-state index >= 15 is 0 Å². The molecule has 13 heteroatoms. The fourth-order valence-electron chi connectivity index (χ4n) is 5.03. The van der Waals surface area contributed by atoms with Crippen LogP contribution in [-0.4, -0.2) is 74.0 Å². The Labute approximate surface area is 229 Å². The van der Waals surface area contributed by atoms with E-state index in [9.17, 15) is 37.4 Å². The maximum atomic E-state index is 13.6. The van der Waals surface area contributed by atoms with Crippen LogP contribution in [0, 0.1) is 5.82 Å². The predicted octanol–water partition coefficient (Wildman–Crippen LogP) is 3.46. The van der Waals surface area contributed by atoms with E-state index < -0.39 is 54.6 Å². The van der Waals surface area contributed by atoms with Gasteiger partial charge in [-0.25, -0.2) is 9.07 Å². The van der Waals surface area contributed by atoms with Crippen LogP contribution in [0.4, 0.5) is 17.6 Å². The third-order valence-corrected chi connectivity index (χ3v) is 6.94. The summed E-state index contributed by atoms with van der Waals surface area (Å²) in [5.41, 5.74) is 1.65. The van der Waals surface area contributed by atoms with Crippen LogP contribution in [0.15, 0.2) is 24.3 Å². The summed E-state index contributed by atoms with van der Waals surface area (Å²) in [7, 11) is 0. The van der Waals surface area contributed by atoms with Crippen LogP contribution in [-0.2, 0) is 11.2 Å². The van der Waals surface area contributed by atoms with Crippen molar-refractivity contribution in [1.82, 2.24) is 20.4 Å². The highest BCUT2D eigenvalue weighted by molar-refractivity contribution is 5.94. The maximum Gasteiger partial charge on any atom is 0.403 e. The summed E-state index contributed by atoms with van der Waals surface area (Å²) >= 11 is 0. The second-order valence-electron chi connectivity index (χ2n) is 10.5. The summed E-state index contributed by atoms with van der Waals surface area (Å²) in [6.45, 7) is 3.66. The zero-order valence-electron chi connectivity index (χ0n) is 22.4. The van der Waals surface area contributed by atoms with Crippen LogP contribution in [0.1, 0.15) is 80.0 Å². The van der Waals surface area contributed by atoms with Gasteiger partial charge in [0.2, 0.25) is 0 Å². The Bertz CT molecular complexity index is 1150. The molecule has 40 heavy (non-hydrogen) atoms. The molecule has 0 radical (unpaired) electrons. The molecule has 2 aromatic rings. The van der Waals surface area contributed by atoms with Crippen molar-refractivity contribution in [2.45, 2.75) is 95.2 Å². The van der Waals surface area contributed by atoms with Crippen molar-refractivity contribution in [2.75, 3.05) is 6.54 Å². The Morgan fingerprint density at radius 1 is 1.15 bits per heavy atom. The second-order valence-corrected chi connectivity index (χ2v) is 10.5. The van der Waals surface area contributed by atoms with E-state index in [0.717, 1.165) is 0 Å². The fraction of sp³-hybridized carbons (Fsp3) is 0.593. The minimum atomic E-state index is -4.37. The number of carbonyl (C=O) groups is 2. The molecule has 4 atom stereocenters. The van der Waals surface area contributed by atoms with Gasteiger partial charge in [-0.1, -0.05) is 13.8 Å². The molecular formula is C27H36F4N4O5. The molecule has 1 aliphatic heterocycles. The number of carboxylic acid groups (broad SMARTS) is 1. The van der Waals surface area contributed by atoms with Gasteiger partial charge in [0.15, 0.2) is 5.69 Å². The number of benzene rings is 1. The van der Waals surface area contributed by atoms with Crippen LogP contribution < -0.4 is 10.6 Å². The molecule has 5 N–H and O–H groups in total. The van der Waals surface area contributed by atoms with E-state index in [2.05, 4.69) is 15.7 Å². The molecule has 9 nitrogen and oxygen atoms in total. The van der Waals surface area contributed by atoms with Gasteiger partial charge < -0.3 is 26.0 Å². The third-order valence-electron chi connectivity index (χ3n) is 6.94. The summed E-state index contributed by atoms with van der Waals surface area (Å²) in [4.78, 5) is 24.1. The van der Waals surface area contributed by atoms with Crippen molar-refractivity contribution in [3.8, 4) is 5.69 Å². The van der Waals surface area contributed by atoms with Gasteiger partial charge >= 0.3 is 12.1 Å². The van der Waals surface area contributed by atoms with E-state index in [1.54, 1.807) is 0 Å². The number of carboxylic acids is 1. The second kappa shape index (κ2) is 13.6. The molecule has 2 heterocycles. The molecule has 2 unspecified atom stereocenters. The largest absolute Gasteiger partial charge is 0.481 e. The highest BCUT2D eigenvalue weighted by Gasteiger charge is 2.42. The van der Waals surface area contributed by atoms with Gasteiger partial charge in [0.25, 0.3) is 5.91 Å². The summed E-state index contributed by atoms with van der Waals surface area (Å²) in [6.07, 6.45) is -6.15. The number of aromatic nitrogens is 2. The average molecular weight is 573 g/mol. The lowest BCUT2D eigenvalue weighted by molar-refractivity contribution is -0.163. The standard InChI is InChI=1S/C27H36F4N4O5/c1-15(2)24-21(11-10-19(36)12-20(37)13-23(38)39)35(18-8-6-16(28)7-9-18)34-25(24)26(40)32-14-17-4-3-5-22(33-17)27(29,30)31/h6-9,15,17,19-20,22,33,36-37H,3-5,10-14H2,1-2H3,(H,32,40)(H,38,39)/t17?,19-,20-,22?/m1/s1. The topological polar surface area (TPSA) is 137 Å². The number of amides is 1. The van der Waals surface area contributed by atoms with Crippen LogP contribution in [0.5, 0.6) is 0 Å². The highest BCUT2D eigenvalue weighted by Crippen LogP contribution is 2.30. The number of hydrogen-bond donors (Lipinski definition) is 5. The number of piperidine rings is 1. The quantitative estimate of drug-likeness (QED) is 0.246. The smallest absolute Gasteiger partial charge is 0.403 e. The third kappa shape index (κ3) is 8.48. The van der Waals surface area contributed by atoms with E-state index in [0.29, 0.717) is 29.8 Å². The van der Waals surface area contributed by atoms with E-state index in [4.69, 9.17) is 5.11 Å². The Hall–Kier alpha value is -3.03. The molecule has 0 bridgehead atoms. The van der Waals surface area contributed by atoms with Gasteiger partial charge in [-0.05, 0) is 68.7 Å². The zero-order valence-corrected chi connectivity index (χ0v) is 22.4. The molecule has 0 saturated carbocycles. The first-order valence-corrected chi connectivity index (χ1v) is 13.3. The van der Waals surface area contributed by atoms with Crippen molar-refractivity contribution >= 4 is 11.9 Å². The lowest BCUT2D eigenvalue weighted by atomic mass is 9.95. The van der Waals surface area contributed by atoms with Gasteiger partial charge in [0.1, 0.15) is 11.9 Å².